The highest BCUT2D eigenvalue weighted by Crippen LogP contribution is 2.33. The van der Waals surface area contributed by atoms with Crippen molar-refractivity contribution in [3.8, 4) is 11.1 Å². The number of hydrogen-bond donors (Lipinski definition) is 1. The lowest BCUT2D eigenvalue weighted by molar-refractivity contribution is 0.569. The zero-order chi connectivity index (χ0) is 19.0. The summed E-state index contributed by atoms with van der Waals surface area (Å²) >= 11 is 6.43. The van der Waals surface area contributed by atoms with Crippen LogP contribution in [0.1, 0.15) is 26.5 Å². The summed E-state index contributed by atoms with van der Waals surface area (Å²) in [4.78, 5) is 4.93. The van der Waals surface area contributed by atoms with E-state index in [1.165, 1.54) is 0 Å². The maximum Gasteiger partial charge on any atom is 0.165 e. The van der Waals surface area contributed by atoms with Gasteiger partial charge in [0.05, 0.1) is 11.9 Å². The number of halogens is 1. The summed E-state index contributed by atoms with van der Waals surface area (Å²) in [6.07, 6.45) is 1.83. The summed E-state index contributed by atoms with van der Waals surface area (Å²) in [5.41, 5.74) is 4.52. The van der Waals surface area contributed by atoms with Crippen LogP contribution in [0.2, 0.25) is 5.02 Å². The van der Waals surface area contributed by atoms with Gasteiger partial charge in [0.25, 0.3) is 0 Å². The van der Waals surface area contributed by atoms with Crippen molar-refractivity contribution in [1.29, 1.82) is 0 Å². The van der Waals surface area contributed by atoms with E-state index in [9.17, 15) is 0 Å². The van der Waals surface area contributed by atoms with Crippen LogP contribution in [0, 0.1) is 0 Å². The summed E-state index contributed by atoms with van der Waals surface area (Å²) in [6, 6.07) is 19.9. The van der Waals surface area contributed by atoms with E-state index in [1.807, 2.05) is 65.3 Å². The Hall–Kier alpha value is -2.85. The van der Waals surface area contributed by atoms with Crippen LogP contribution in [0.15, 0.2) is 66.9 Å². The molecule has 0 amide bonds. The minimum absolute atomic E-state index is 0.100. The topological polar surface area (TPSA) is 42.2 Å². The van der Waals surface area contributed by atoms with Gasteiger partial charge in [0.1, 0.15) is 5.82 Å². The summed E-state index contributed by atoms with van der Waals surface area (Å²) < 4.78 is 1.83. The molecule has 0 bridgehead atoms. The number of rotatable bonds is 3. The zero-order valence-corrected chi connectivity index (χ0v) is 16.3. The van der Waals surface area contributed by atoms with Gasteiger partial charge in [0.15, 0.2) is 5.65 Å². The molecule has 0 saturated heterocycles. The summed E-state index contributed by atoms with van der Waals surface area (Å²) in [7, 11) is 0. The van der Waals surface area contributed by atoms with Crippen LogP contribution in [0.4, 0.5) is 11.5 Å². The molecule has 4 rings (SSSR count). The molecule has 0 spiro atoms. The fraction of sp³-hybridized carbons (Fsp3) is 0.182. The Kier molecular flexibility index (Phi) is 4.36. The number of anilines is 2. The monoisotopic (exact) mass is 376 g/mol. The van der Waals surface area contributed by atoms with Crippen LogP contribution >= 0.6 is 11.6 Å². The molecular formula is C22H21ClN4. The molecule has 1 N–H and O–H groups in total. The van der Waals surface area contributed by atoms with Gasteiger partial charge in [-0.2, -0.15) is 9.61 Å². The third-order valence-electron chi connectivity index (χ3n) is 4.45. The molecule has 0 atom stereocenters. The molecule has 0 fully saturated rings. The van der Waals surface area contributed by atoms with E-state index in [1.54, 1.807) is 0 Å². The smallest absolute Gasteiger partial charge is 0.165 e. The lowest BCUT2D eigenvalue weighted by atomic mass is 9.92. The summed E-state index contributed by atoms with van der Waals surface area (Å²) in [5, 5.41) is 8.74. The maximum absolute atomic E-state index is 6.43. The lowest BCUT2D eigenvalue weighted by Crippen LogP contribution is -2.16. The minimum Gasteiger partial charge on any atom is -0.340 e. The van der Waals surface area contributed by atoms with E-state index < -0.39 is 0 Å². The first-order chi connectivity index (χ1) is 12.9. The maximum atomic E-state index is 6.43. The van der Waals surface area contributed by atoms with Crippen LogP contribution in [-0.4, -0.2) is 14.6 Å². The summed E-state index contributed by atoms with van der Waals surface area (Å²) in [6.45, 7) is 6.47. The fourth-order valence-electron chi connectivity index (χ4n) is 2.98. The molecule has 2 aromatic carbocycles. The molecule has 4 nitrogen and oxygen atoms in total. The van der Waals surface area contributed by atoms with Crippen molar-refractivity contribution in [1.82, 2.24) is 14.6 Å². The van der Waals surface area contributed by atoms with Gasteiger partial charge in [0, 0.05) is 33.3 Å². The van der Waals surface area contributed by atoms with Gasteiger partial charge in [-0.3, -0.25) is 0 Å². The van der Waals surface area contributed by atoms with E-state index in [2.05, 4.69) is 37.3 Å². The van der Waals surface area contributed by atoms with Crippen molar-refractivity contribution in [3.63, 3.8) is 0 Å². The first kappa shape index (κ1) is 17.6. The van der Waals surface area contributed by atoms with E-state index >= 15 is 0 Å². The standard InChI is InChI=1S/C22H21ClN4/c1-22(2,3)19-13-20(25-15-9-5-4-6-10-15)27-21(26-19)17(14-24-27)16-11-7-8-12-18(16)23/h4-14,25H,1-3H3. The van der Waals surface area contributed by atoms with Crippen molar-refractivity contribution >= 4 is 28.8 Å². The number of fused-ring (bicyclic) bond motifs is 1. The molecular weight excluding hydrogens is 356 g/mol. The minimum atomic E-state index is -0.100. The Morgan fingerprint density at radius 3 is 2.33 bits per heavy atom. The van der Waals surface area contributed by atoms with Crippen LogP contribution in [0.3, 0.4) is 0 Å². The average Bonchev–Trinajstić information content (AvgIpc) is 3.06. The van der Waals surface area contributed by atoms with Gasteiger partial charge >= 0.3 is 0 Å². The molecule has 0 unspecified atom stereocenters. The number of para-hydroxylation sites is 1. The largest absolute Gasteiger partial charge is 0.340 e. The van der Waals surface area contributed by atoms with Crippen LogP contribution in [0.5, 0.6) is 0 Å². The summed E-state index contributed by atoms with van der Waals surface area (Å²) in [5.74, 6) is 0.870. The molecule has 5 heteroatoms. The predicted octanol–water partition coefficient (Wildman–Crippen LogP) is 6.09. The molecule has 0 saturated carbocycles. The number of nitrogens with one attached hydrogen (secondary N) is 1. The second-order valence-electron chi connectivity index (χ2n) is 7.54. The van der Waals surface area contributed by atoms with Crippen LogP contribution < -0.4 is 5.32 Å². The fourth-order valence-corrected chi connectivity index (χ4v) is 3.21. The number of benzene rings is 2. The number of hydrogen-bond acceptors (Lipinski definition) is 3. The van der Waals surface area contributed by atoms with E-state index in [0.29, 0.717) is 5.02 Å². The molecule has 0 aliphatic rings. The molecule has 2 heterocycles. The van der Waals surface area contributed by atoms with Crippen LogP contribution in [0.25, 0.3) is 16.8 Å². The highest BCUT2D eigenvalue weighted by Gasteiger charge is 2.21. The van der Waals surface area contributed by atoms with Gasteiger partial charge < -0.3 is 5.32 Å². The molecule has 4 aromatic rings. The van der Waals surface area contributed by atoms with Crippen LogP contribution in [-0.2, 0) is 5.41 Å². The van der Waals surface area contributed by atoms with Gasteiger partial charge in [-0.05, 0) is 18.2 Å². The Labute approximate surface area is 163 Å². The predicted molar refractivity (Wildman–Crippen MR) is 112 cm³/mol. The van der Waals surface area contributed by atoms with Gasteiger partial charge in [-0.25, -0.2) is 4.98 Å². The van der Waals surface area contributed by atoms with Crippen molar-refractivity contribution in [2.24, 2.45) is 0 Å². The SMILES string of the molecule is CC(C)(C)c1cc(Nc2ccccc2)n2ncc(-c3ccccc3Cl)c2n1. The lowest BCUT2D eigenvalue weighted by Gasteiger charge is -2.20. The van der Waals surface area contributed by atoms with Crippen molar-refractivity contribution in [2.75, 3.05) is 5.32 Å². The zero-order valence-electron chi connectivity index (χ0n) is 15.6. The normalized spacial score (nSPS) is 11.7. The number of aromatic nitrogens is 3. The van der Waals surface area contributed by atoms with Gasteiger partial charge in [-0.15, -0.1) is 0 Å². The van der Waals surface area contributed by atoms with Gasteiger partial charge in [-0.1, -0.05) is 68.8 Å². The Balaban J connectivity index is 1.94. The highest BCUT2D eigenvalue weighted by molar-refractivity contribution is 6.33. The quantitative estimate of drug-likeness (QED) is 0.470. The third-order valence-corrected chi connectivity index (χ3v) is 4.78. The Morgan fingerprint density at radius 1 is 0.926 bits per heavy atom. The second-order valence-corrected chi connectivity index (χ2v) is 7.95. The van der Waals surface area contributed by atoms with Crippen molar-refractivity contribution in [2.45, 2.75) is 26.2 Å². The van der Waals surface area contributed by atoms with E-state index in [4.69, 9.17) is 16.6 Å². The van der Waals surface area contributed by atoms with Crippen molar-refractivity contribution in [3.05, 3.63) is 77.6 Å². The first-order valence-electron chi connectivity index (χ1n) is 8.90. The highest BCUT2D eigenvalue weighted by atomic mass is 35.5. The van der Waals surface area contributed by atoms with Gasteiger partial charge in [0.2, 0.25) is 0 Å². The molecule has 2 aromatic heterocycles. The molecule has 0 aliphatic heterocycles. The molecule has 27 heavy (non-hydrogen) atoms. The second kappa shape index (κ2) is 6.71. The Bertz CT molecular complexity index is 1090. The van der Waals surface area contributed by atoms with E-state index in [0.717, 1.165) is 34.0 Å². The molecule has 136 valence electrons. The first-order valence-corrected chi connectivity index (χ1v) is 9.27. The number of nitrogens with zero attached hydrogens (tertiary/aromatic N) is 3. The molecule has 0 radical (unpaired) electrons. The van der Waals surface area contributed by atoms with E-state index in [-0.39, 0.29) is 5.41 Å². The average molecular weight is 377 g/mol. The Morgan fingerprint density at radius 2 is 1.63 bits per heavy atom. The third kappa shape index (κ3) is 3.40. The van der Waals surface area contributed by atoms with Crippen molar-refractivity contribution < 1.29 is 0 Å². The molecule has 0 aliphatic carbocycles.